The molecule has 1 aliphatic heterocycles. The summed E-state index contributed by atoms with van der Waals surface area (Å²) < 4.78 is 5.70. The summed E-state index contributed by atoms with van der Waals surface area (Å²) in [5.74, 6) is 1.28. The van der Waals surface area contributed by atoms with Crippen molar-refractivity contribution in [3.8, 4) is 5.75 Å². The van der Waals surface area contributed by atoms with Crippen molar-refractivity contribution in [3.05, 3.63) is 29.8 Å². The lowest BCUT2D eigenvalue weighted by Crippen LogP contribution is -2.27. The van der Waals surface area contributed by atoms with Crippen LogP contribution >= 0.6 is 0 Å². The second-order valence-corrected chi connectivity index (χ2v) is 4.54. The van der Waals surface area contributed by atoms with Crippen molar-refractivity contribution in [3.63, 3.8) is 0 Å². The molecular formula is C14H19NO2. The van der Waals surface area contributed by atoms with E-state index in [1.807, 2.05) is 18.2 Å². The standard InChI is InChI=1S/C14H19NO2/c1-12(16)5-4-8-15-9-10-17-14-7-3-2-6-13(14)11-15/h2-3,6-7H,4-5,8-11H2,1H3. The van der Waals surface area contributed by atoms with Crippen molar-refractivity contribution in [1.82, 2.24) is 4.90 Å². The number of para-hydroxylation sites is 1. The minimum atomic E-state index is 0.275. The number of ketones is 1. The normalized spacial score (nSPS) is 15.8. The maximum atomic E-state index is 10.9. The van der Waals surface area contributed by atoms with Crippen molar-refractivity contribution < 1.29 is 9.53 Å². The van der Waals surface area contributed by atoms with Crippen LogP contribution in [-0.4, -0.2) is 30.4 Å². The Hall–Kier alpha value is -1.35. The van der Waals surface area contributed by atoms with Crippen LogP contribution in [0.3, 0.4) is 0 Å². The lowest BCUT2D eigenvalue weighted by atomic mass is 10.2. The highest BCUT2D eigenvalue weighted by atomic mass is 16.5. The van der Waals surface area contributed by atoms with Gasteiger partial charge in [0.15, 0.2) is 0 Å². The summed E-state index contributed by atoms with van der Waals surface area (Å²) in [7, 11) is 0. The smallest absolute Gasteiger partial charge is 0.129 e. The molecule has 2 rings (SSSR count). The highest BCUT2D eigenvalue weighted by Gasteiger charge is 2.14. The molecule has 0 saturated carbocycles. The molecule has 1 aromatic rings. The Morgan fingerprint density at radius 1 is 1.41 bits per heavy atom. The molecule has 3 heteroatoms. The topological polar surface area (TPSA) is 29.5 Å². The highest BCUT2D eigenvalue weighted by Crippen LogP contribution is 2.22. The van der Waals surface area contributed by atoms with E-state index >= 15 is 0 Å². The van der Waals surface area contributed by atoms with Gasteiger partial charge in [-0.2, -0.15) is 0 Å². The molecule has 1 aromatic carbocycles. The Labute approximate surface area is 102 Å². The number of ether oxygens (including phenoxy) is 1. The maximum Gasteiger partial charge on any atom is 0.129 e. The van der Waals surface area contributed by atoms with Crippen LogP contribution in [0.2, 0.25) is 0 Å². The predicted octanol–water partition coefficient (Wildman–Crippen LogP) is 2.25. The Morgan fingerprint density at radius 2 is 2.24 bits per heavy atom. The summed E-state index contributed by atoms with van der Waals surface area (Å²) in [5.41, 5.74) is 1.24. The quantitative estimate of drug-likeness (QED) is 0.799. The number of carbonyl (C=O) groups is 1. The van der Waals surface area contributed by atoms with Gasteiger partial charge in [-0.15, -0.1) is 0 Å². The number of rotatable bonds is 4. The van der Waals surface area contributed by atoms with E-state index < -0.39 is 0 Å². The number of benzene rings is 1. The van der Waals surface area contributed by atoms with Gasteiger partial charge in [0, 0.05) is 25.1 Å². The van der Waals surface area contributed by atoms with E-state index in [-0.39, 0.29) is 5.78 Å². The molecule has 0 aliphatic carbocycles. The van der Waals surface area contributed by atoms with E-state index in [1.54, 1.807) is 6.92 Å². The Kier molecular flexibility index (Phi) is 4.15. The fourth-order valence-corrected chi connectivity index (χ4v) is 2.12. The summed E-state index contributed by atoms with van der Waals surface area (Å²) in [4.78, 5) is 13.3. The van der Waals surface area contributed by atoms with Crippen LogP contribution in [0.25, 0.3) is 0 Å². The van der Waals surface area contributed by atoms with Gasteiger partial charge in [-0.1, -0.05) is 18.2 Å². The first-order valence-electron chi connectivity index (χ1n) is 6.18. The minimum Gasteiger partial charge on any atom is -0.492 e. The first kappa shape index (κ1) is 12.1. The third-order valence-electron chi connectivity index (χ3n) is 3.03. The van der Waals surface area contributed by atoms with Gasteiger partial charge < -0.3 is 9.53 Å². The Balaban J connectivity index is 1.91. The average Bonchev–Trinajstić information content (AvgIpc) is 2.50. The van der Waals surface area contributed by atoms with Crippen molar-refractivity contribution in [2.24, 2.45) is 0 Å². The van der Waals surface area contributed by atoms with Gasteiger partial charge in [0.1, 0.15) is 18.1 Å². The van der Waals surface area contributed by atoms with Gasteiger partial charge in [-0.25, -0.2) is 0 Å². The van der Waals surface area contributed by atoms with Crippen LogP contribution in [0.5, 0.6) is 5.75 Å². The molecule has 0 fully saturated rings. The third-order valence-corrected chi connectivity index (χ3v) is 3.03. The first-order valence-corrected chi connectivity index (χ1v) is 6.18. The second kappa shape index (κ2) is 5.82. The van der Waals surface area contributed by atoms with Gasteiger partial charge in [0.05, 0.1) is 0 Å². The van der Waals surface area contributed by atoms with Gasteiger partial charge in [0.25, 0.3) is 0 Å². The molecule has 0 radical (unpaired) electrons. The SMILES string of the molecule is CC(=O)CCCN1CCOc2ccccc2C1. The van der Waals surface area contributed by atoms with Crippen LogP contribution in [0.15, 0.2) is 24.3 Å². The fraction of sp³-hybridized carbons (Fsp3) is 0.500. The molecule has 0 bridgehead atoms. The van der Waals surface area contributed by atoms with Gasteiger partial charge in [-0.3, -0.25) is 4.90 Å². The summed E-state index contributed by atoms with van der Waals surface area (Å²) in [6.07, 6.45) is 1.62. The number of nitrogens with zero attached hydrogens (tertiary/aromatic N) is 1. The number of hydrogen-bond acceptors (Lipinski definition) is 3. The Morgan fingerprint density at radius 3 is 3.06 bits per heavy atom. The van der Waals surface area contributed by atoms with Crippen LogP contribution < -0.4 is 4.74 Å². The molecule has 17 heavy (non-hydrogen) atoms. The maximum absolute atomic E-state index is 10.9. The molecule has 92 valence electrons. The van der Waals surface area contributed by atoms with Crippen LogP contribution in [0.1, 0.15) is 25.3 Å². The molecule has 0 N–H and O–H groups in total. The average molecular weight is 233 g/mol. The van der Waals surface area contributed by atoms with E-state index in [1.165, 1.54) is 5.56 Å². The minimum absolute atomic E-state index is 0.275. The van der Waals surface area contributed by atoms with Crippen LogP contribution in [0, 0.1) is 0 Å². The van der Waals surface area contributed by atoms with E-state index in [0.717, 1.165) is 38.4 Å². The van der Waals surface area contributed by atoms with E-state index in [0.29, 0.717) is 6.42 Å². The Bertz CT molecular complexity index is 390. The zero-order valence-electron chi connectivity index (χ0n) is 10.3. The zero-order chi connectivity index (χ0) is 12.1. The predicted molar refractivity (Wildman–Crippen MR) is 67.1 cm³/mol. The number of fused-ring (bicyclic) bond motifs is 1. The summed E-state index contributed by atoms with van der Waals surface area (Å²) in [6.45, 7) is 5.22. The first-order chi connectivity index (χ1) is 8.25. The molecule has 0 atom stereocenters. The summed E-state index contributed by atoms with van der Waals surface area (Å²) >= 11 is 0. The van der Waals surface area contributed by atoms with Crippen molar-refractivity contribution in [2.45, 2.75) is 26.3 Å². The highest BCUT2D eigenvalue weighted by molar-refractivity contribution is 5.75. The molecule has 0 saturated heterocycles. The molecule has 0 amide bonds. The van der Waals surface area contributed by atoms with Crippen molar-refractivity contribution >= 4 is 5.78 Å². The van der Waals surface area contributed by atoms with E-state index in [2.05, 4.69) is 11.0 Å². The lowest BCUT2D eigenvalue weighted by molar-refractivity contribution is -0.117. The van der Waals surface area contributed by atoms with Crippen molar-refractivity contribution in [2.75, 3.05) is 19.7 Å². The van der Waals surface area contributed by atoms with Gasteiger partial charge >= 0.3 is 0 Å². The fourth-order valence-electron chi connectivity index (χ4n) is 2.12. The summed E-state index contributed by atoms with van der Waals surface area (Å²) in [6, 6.07) is 8.18. The van der Waals surface area contributed by atoms with Crippen LogP contribution in [-0.2, 0) is 11.3 Å². The van der Waals surface area contributed by atoms with Crippen LogP contribution in [0.4, 0.5) is 0 Å². The van der Waals surface area contributed by atoms with E-state index in [9.17, 15) is 4.79 Å². The monoisotopic (exact) mass is 233 g/mol. The molecule has 0 aromatic heterocycles. The number of carbonyl (C=O) groups excluding carboxylic acids is 1. The zero-order valence-corrected chi connectivity index (χ0v) is 10.3. The molecule has 3 nitrogen and oxygen atoms in total. The third kappa shape index (κ3) is 3.56. The molecule has 1 heterocycles. The lowest BCUT2D eigenvalue weighted by Gasteiger charge is -2.18. The number of Topliss-reactive ketones (excluding diaryl/α,β-unsaturated/α-hetero) is 1. The molecule has 0 spiro atoms. The molecule has 0 unspecified atom stereocenters. The number of hydrogen-bond donors (Lipinski definition) is 0. The second-order valence-electron chi connectivity index (χ2n) is 4.54. The largest absolute Gasteiger partial charge is 0.492 e. The summed E-state index contributed by atoms with van der Waals surface area (Å²) in [5, 5.41) is 0. The van der Waals surface area contributed by atoms with Gasteiger partial charge in [0.2, 0.25) is 0 Å². The van der Waals surface area contributed by atoms with Gasteiger partial charge in [-0.05, 0) is 26.0 Å². The molecule has 1 aliphatic rings. The molecular weight excluding hydrogens is 214 g/mol. The van der Waals surface area contributed by atoms with E-state index in [4.69, 9.17) is 4.74 Å². The van der Waals surface area contributed by atoms with Crippen molar-refractivity contribution in [1.29, 1.82) is 0 Å².